The summed E-state index contributed by atoms with van der Waals surface area (Å²) in [5.41, 5.74) is -5.11. The van der Waals surface area contributed by atoms with Crippen LogP contribution in [0.5, 0.6) is 0 Å². The molecule has 47 heavy (non-hydrogen) atoms. The summed E-state index contributed by atoms with van der Waals surface area (Å²) in [7, 11) is -4.14. The summed E-state index contributed by atoms with van der Waals surface area (Å²) in [5, 5.41) is -0.690. The molecule has 16 heteroatoms. The Morgan fingerprint density at radius 2 is 1.81 bits per heavy atom. The Kier molecular flexibility index (Phi) is 8.68. The van der Waals surface area contributed by atoms with Gasteiger partial charge in [-0.25, -0.2) is 36.5 Å². The van der Waals surface area contributed by atoms with Gasteiger partial charge in [0, 0.05) is 43.7 Å². The number of piperazine rings is 1. The lowest BCUT2D eigenvalue weighted by Gasteiger charge is -2.40. The van der Waals surface area contributed by atoms with Crippen molar-refractivity contribution in [1.29, 1.82) is 0 Å². The van der Waals surface area contributed by atoms with E-state index in [1.807, 2.05) is 0 Å². The number of pyridine rings is 2. The van der Waals surface area contributed by atoms with Gasteiger partial charge in [-0.3, -0.25) is 4.79 Å². The van der Waals surface area contributed by atoms with Crippen LogP contribution in [0, 0.1) is 11.6 Å². The largest absolute Gasteiger partial charge is 0.419 e. The van der Waals surface area contributed by atoms with E-state index in [4.69, 9.17) is 0 Å². The van der Waals surface area contributed by atoms with E-state index in [1.54, 1.807) is 25.7 Å². The molecule has 0 bridgehead atoms. The highest BCUT2D eigenvalue weighted by molar-refractivity contribution is 7.90. The highest BCUT2D eigenvalue weighted by atomic mass is 32.2. The molecule has 1 aliphatic rings. The molecule has 0 N–H and O–H groups in total. The Hall–Kier alpha value is -4.73. The van der Waals surface area contributed by atoms with E-state index in [1.165, 1.54) is 17.2 Å². The van der Waals surface area contributed by atoms with Crippen LogP contribution >= 0.6 is 0 Å². The lowest BCUT2D eigenvalue weighted by atomic mass is 10.0. The van der Waals surface area contributed by atoms with Crippen LogP contribution in [-0.4, -0.2) is 70.7 Å². The third-order valence-corrected chi connectivity index (χ3v) is 8.86. The second-order valence-electron chi connectivity index (χ2n) is 11.4. The van der Waals surface area contributed by atoms with Crippen molar-refractivity contribution in [2.75, 3.05) is 30.8 Å². The van der Waals surface area contributed by atoms with Crippen molar-refractivity contribution in [3.05, 3.63) is 82.4 Å². The minimum Gasteiger partial charge on any atom is -0.350 e. The zero-order valence-corrected chi connectivity index (χ0v) is 26.5. The number of hydrogen-bond donors (Lipinski definition) is 0. The summed E-state index contributed by atoms with van der Waals surface area (Å²) in [5.74, 6) is -3.79. The maximum absolute atomic E-state index is 16.0. The van der Waals surface area contributed by atoms with Gasteiger partial charge in [0.25, 0.3) is 0 Å². The van der Waals surface area contributed by atoms with Gasteiger partial charge in [-0.2, -0.15) is 18.2 Å². The van der Waals surface area contributed by atoms with Crippen LogP contribution in [0.25, 0.3) is 28.0 Å². The monoisotopic (exact) mass is 676 g/mol. The lowest BCUT2D eigenvalue weighted by molar-refractivity contribution is -0.139. The number of carbonyl (C=O) groups is 1. The molecule has 0 radical (unpaired) electrons. The second kappa shape index (κ2) is 12.1. The Balaban J connectivity index is 1.92. The number of hydrogen-bond acceptors (Lipinski definition) is 8. The van der Waals surface area contributed by atoms with Crippen LogP contribution in [0.4, 0.5) is 27.8 Å². The first-order chi connectivity index (χ1) is 21.9. The van der Waals surface area contributed by atoms with E-state index in [0.717, 1.165) is 35.1 Å². The van der Waals surface area contributed by atoms with Crippen LogP contribution in [0.15, 0.2) is 59.0 Å². The molecular weight excluding hydrogens is 647 g/mol. The molecule has 10 nitrogen and oxygen atoms in total. The first kappa shape index (κ1) is 33.6. The molecule has 4 aromatic rings. The normalized spacial score (nSPS) is 15.8. The van der Waals surface area contributed by atoms with Gasteiger partial charge < -0.3 is 9.80 Å². The summed E-state index contributed by atoms with van der Waals surface area (Å²) in [4.78, 5) is 41.9. The zero-order chi connectivity index (χ0) is 34.6. The molecule has 3 aromatic heterocycles. The molecule has 1 atom stereocenters. The van der Waals surface area contributed by atoms with Crippen molar-refractivity contribution < 1.29 is 35.2 Å². The average molecular weight is 677 g/mol. The third kappa shape index (κ3) is 6.08. The summed E-state index contributed by atoms with van der Waals surface area (Å²) in [6.45, 7) is 9.11. The molecule has 1 fully saturated rings. The molecule has 248 valence electrons. The second-order valence-corrected chi connectivity index (χ2v) is 13.3. The molecule has 0 aliphatic carbocycles. The summed E-state index contributed by atoms with van der Waals surface area (Å²) < 4.78 is 99.5. The molecule has 1 saturated heterocycles. The zero-order valence-electron chi connectivity index (χ0n) is 25.6. The lowest BCUT2D eigenvalue weighted by Crippen LogP contribution is -2.54. The summed E-state index contributed by atoms with van der Waals surface area (Å²) in [6, 6.07) is 4.19. The SMILES string of the molecule is C=CC(=O)N1CCN(c2nc(=O)n(-c3c(C(C)C)ccnc3S(C)(=O)=O)c3nc(-c4cccc(F)c4C(F)(F)F)c(F)cc23)[C@@H](C)C1. The molecule has 0 spiro atoms. The first-order valence-electron chi connectivity index (χ1n) is 14.3. The fourth-order valence-corrected chi connectivity index (χ4v) is 6.55. The molecule has 0 unspecified atom stereocenters. The van der Waals surface area contributed by atoms with E-state index < -0.39 is 72.8 Å². The average Bonchev–Trinajstić information content (AvgIpc) is 2.98. The fourth-order valence-electron chi connectivity index (χ4n) is 5.74. The van der Waals surface area contributed by atoms with Crippen LogP contribution in [0.3, 0.4) is 0 Å². The molecule has 5 rings (SSSR count). The van der Waals surface area contributed by atoms with E-state index in [0.29, 0.717) is 11.6 Å². The molecule has 0 saturated carbocycles. The first-order valence-corrected chi connectivity index (χ1v) is 16.2. The minimum atomic E-state index is -5.25. The molecular formula is C31H29F5N6O4S. The van der Waals surface area contributed by atoms with E-state index in [9.17, 15) is 35.6 Å². The van der Waals surface area contributed by atoms with Gasteiger partial charge in [0.05, 0.1) is 11.1 Å². The van der Waals surface area contributed by atoms with E-state index >= 15 is 4.39 Å². The maximum atomic E-state index is 16.0. The van der Waals surface area contributed by atoms with Crippen LogP contribution in [0.1, 0.15) is 37.8 Å². The van der Waals surface area contributed by atoms with Crippen LogP contribution in [-0.2, 0) is 20.8 Å². The van der Waals surface area contributed by atoms with Crippen molar-refractivity contribution in [2.24, 2.45) is 0 Å². The van der Waals surface area contributed by atoms with Crippen molar-refractivity contribution in [3.8, 4) is 16.9 Å². The van der Waals surface area contributed by atoms with Gasteiger partial charge in [0.2, 0.25) is 5.91 Å². The van der Waals surface area contributed by atoms with Crippen molar-refractivity contribution in [3.63, 3.8) is 0 Å². The number of amides is 1. The Bertz CT molecular complexity index is 2100. The van der Waals surface area contributed by atoms with Crippen molar-refractivity contribution in [2.45, 2.75) is 43.9 Å². The maximum Gasteiger partial charge on any atom is 0.419 e. The summed E-state index contributed by atoms with van der Waals surface area (Å²) >= 11 is 0. The van der Waals surface area contributed by atoms with E-state index in [-0.39, 0.29) is 42.4 Å². The molecule has 4 heterocycles. The number of alkyl halides is 3. The topological polar surface area (TPSA) is 118 Å². The number of sulfone groups is 1. The Labute approximate surface area is 266 Å². The number of halogens is 5. The molecule has 1 aromatic carbocycles. The van der Waals surface area contributed by atoms with Crippen LogP contribution in [0.2, 0.25) is 0 Å². The highest BCUT2D eigenvalue weighted by Crippen LogP contribution is 2.41. The van der Waals surface area contributed by atoms with Crippen molar-refractivity contribution in [1.82, 2.24) is 24.4 Å². The number of rotatable bonds is 6. The summed E-state index contributed by atoms with van der Waals surface area (Å²) in [6.07, 6.45) is -2.00. The minimum absolute atomic E-state index is 0.0939. The number of anilines is 1. The number of aromatic nitrogens is 4. The van der Waals surface area contributed by atoms with Crippen molar-refractivity contribution >= 4 is 32.6 Å². The predicted molar refractivity (Wildman–Crippen MR) is 164 cm³/mol. The number of benzene rings is 1. The fraction of sp³-hybridized carbons (Fsp3) is 0.323. The van der Waals surface area contributed by atoms with Crippen LogP contribution < -0.4 is 10.6 Å². The number of nitrogens with zero attached hydrogens (tertiary/aromatic N) is 6. The smallest absolute Gasteiger partial charge is 0.350 e. The van der Waals surface area contributed by atoms with Gasteiger partial charge in [-0.1, -0.05) is 32.6 Å². The number of fused-ring (bicyclic) bond motifs is 1. The van der Waals surface area contributed by atoms with Gasteiger partial charge in [-0.15, -0.1) is 0 Å². The highest BCUT2D eigenvalue weighted by Gasteiger charge is 2.39. The Morgan fingerprint density at radius 3 is 2.40 bits per heavy atom. The number of carbonyl (C=O) groups excluding carboxylic acids is 1. The van der Waals surface area contributed by atoms with Gasteiger partial charge in [-0.05, 0) is 42.7 Å². The molecule has 1 amide bonds. The standard InChI is InChI=1S/C31H29F5N6O4S/c1-6-23(43)40-12-13-41(17(4)15-40)27-20-14-22(33)25(19-8-7-9-21(32)24(19)31(34,35)36)38-28(20)42(30(44)39-27)26-18(16(2)3)10-11-37-29(26)47(5,45)46/h6-11,14,16-17H,1,12-13,15H2,2-5H3/t17-/m0/s1. The quantitative estimate of drug-likeness (QED) is 0.209. The third-order valence-electron chi connectivity index (χ3n) is 7.86. The predicted octanol–water partition coefficient (Wildman–Crippen LogP) is 4.89. The molecule has 1 aliphatic heterocycles. The Morgan fingerprint density at radius 1 is 1.11 bits per heavy atom. The van der Waals surface area contributed by atoms with Gasteiger partial charge in [0.1, 0.15) is 28.7 Å². The van der Waals surface area contributed by atoms with Gasteiger partial charge >= 0.3 is 11.9 Å². The van der Waals surface area contributed by atoms with Gasteiger partial charge in [0.15, 0.2) is 20.5 Å². The van der Waals surface area contributed by atoms with E-state index in [2.05, 4.69) is 21.5 Å².